The van der Waals surface area contributed by atoms with Crippen LogP contribution in [-0.4, -0.2) is 22.8 Å². The molecule has 1 aliphatic carbocycles. The molecule has 100 valence electrons. The van der Waals surface area contributed by atoms with Crippen LogP contribution in [0.1, 0.15) is 33.1 Å². The lowest BCUT2D eigenvalue weighted by atomic mass is 10.1. The van der Waals surface area contributed by atoms with E-state index >= 15 is 0 Å². The molecule has 0 aromatic carbocycles. The fourth-order valence-electron chi connectivity index (χ4n) is 2.50. The average molecular weight is 329 g/mol. The van der Waals surface area contributed by atoms with Gasteiger partial charge in [0.2, 0.25) is 0 Å². The summed E-state index contributed by atoms with van der Waals surface area (Å²) in [5, 5.41) is 5.51. The Hall–Kier alpha value is -0.0600. The third-order valence-corrected chi connectivity index (χ3v) is 5.53. The molecule has 18 heavy (non-hydrogen) atoms. The largest absolute Gasteiger partial charge is 0.314 e. The van der Waals surface area contributed by atoms with Crippen molar-refractivity contribution in [2.24, 2.45) is 5.92 Å². The van der Waals surface area contributed by atoms with Crippen molar-refractivity contribution >= 4 is 27.7 Å². The summed E-state index contributed by atoms with van der Waals surface area (Å²) in [7, 11) is 0. The van der Waals surface area contributed by atoms with E-state index in [1.165, 1.54) is 19.3 Å². The first-order chi connectivity index (χ1) is 8.70. The van der Waals surface area contributed by atoms with Gasteiger partial charge >= 0.3 is 0 Å². The molecule has 0 amide bonds. The first-order valence-electron chi connectivity index (χ1n) is 6.72. The van der Waals surface area contributed by atoms with Crippen LogP contribution in [0.3, 0.4) is 0 Å². The van der Waals surface area contributed by atoms with E-state index in [1.54, 1.807) is 0 Å². The van der Waals surface area contributed by atoms with Gasteiger partial charge in [-0.05, 0) is 59.8 Å². The van der Waals surface area contributed by atoms with Gasteiger partial charge in [-0.2, -0.15) is 0 Å². The van der Waals surface area contributed by atoms with Crippen LogP contribution in [0, 0.1) is 5.92 Å². The van der Waals surface area contributed by atoms with E-state index in [-0.39, 0.29) is 0 Å². The first kappa shape index (κ1) is 14.4. The molecule has 1 aromatic rings. The van der Waals surface area contributed by atoms with Gasteiger partial charge in [-0.25, -0.2) is 4.98 Å². The summed E-state index contributed by atoms with van der Waals surface area (Å²) in [4.78, 5) is 4.46. The van der Waals surface area contributed by atoms with Gasteiger partial charge in [0.15, 0.2) is 0 Å². The van der Waals surface area contributed by atoms with Crippen molar-refractivity contribution in [2.45, 2.75) is 49.4 Å². The molecule has 1 aliphatic rings. The van der Waals surface area contributed by atoms with E-state index in [4.69, 9.17) is 0 Å². The topological polar surface area (TPSA) is 24.9 Å². The highest BCUT2D eigenvalue weighted by atomic mass is 79.9. The van der Waals surface area contributed by atoms with Crippen LogP contribution in [-0.2, 0) is 0 Å². The predicted octanol–water partition coefficient (Wildman–Crippen LogP) is 4.10. The van der Waals surface area contributed by atoms with Gasteiger partial charge in [0.05, 0.1) is 5.03 Å². The Bertz CT molecular complexity index is 369. The van der Waals surface area contributed by atoms with Crippen molar-refractivity contribution in [2.75, 3.05) is 6.54 Å². The molecule has 1 N–H and O–H groups in total. The second-order valence-electron chi connectivity index (χ2n) is 4.97. The zero-order valence-corrected chi connectivity index (χ0v) is 13.4. The lowest BCUT2D eigenvalue weighted by molar-refractivity contribution is 0.431. The summed E-state index contributed by atoms with van der Waals surface area (Å²) in [5.41, 5.74) is 0. The molecule has 1 saturated carbocycles. The molecule has 1 fully saturated rings. The molecular formula is C14H21BrN2S. The fourth-order valence-corrected chi connectivity index (χ4v) is 3.96. The fraction of sp³-hybridized carbons (Fsp3) is 0.643. The number of nitrogens with one attached hydrogen (secondary N) is 1. The highest BCUT2D eigenvalue weighted by molar-refractivity contribution is 9.10. The van der Waals surface area contributed by atoms with Gasteiger partial charge in [-0.1, -0.05) is 13.8 Å². The minimum atomic E-state index is 0.692. The van der Waals surface area contributed by atoms with E-state index in [2.05, 4.69) is 52.2 Å². The van der Waals surface area contributed by atoms with Crippen LogP contribution in [0.5, 0.6) is 0 Å². The Morgan fingerprint density at radius 1 is 1.44 bits per heavy atom. The van der Waals surface area contributed by atoms with Crippen molar-refractivity contribution in [3.05, 3.63) is 22.8 Å². The van der Waals surface area contributed by atoms with Crippen LogP contribution < -0.4 is 5.32 Å². The second-order valence-corrected chi connectivity index (χ2v) is 7.14. The number of nitrogens with zero attached hydrogens (tertiary/aromatic N) is 1. The summed E-state index contributed by atoms with van der Waals surface area (Å²) >= 11 is 5.36. The van der Waals surface area contributed by atoms with E-state index < -0.39 is 0 Å². The highest BCUT2D eigenvalue weighted by Gasteiger charge is 2.32. The SMILES string of the molecule is CCCNC1CCC(Sc2ccc(Br)cn2)C1C. The lowest BCUT2D eigenvalue weighted by Crippen LogP contribution is -2.33. The molecule has 0 aliphatic heterocycles. The minimum Gasteiger partial charge on any atom is -0.314 e. The smallest absolute Gasteiger partial charge is 0.0963 e. The molecule has 3 unspecified atom stereocenters. The molecule has 1 heterocycles. The molecule has 2 nitrogen and oxygen atoms in total. The average Bonchev–Trinajstić information content (AvgIpc) is 2.71. The quantitative estimate of drug-likeness (QED) is 0.880. The van der Waals surface area contributed by atoms with Crippen molar-refractivity contribution in [1.29, 1.82) is 0 Å². The molecule has 1 aromatic heterocycles. The van der Waals surface area contributed by atoms with Crippen LogP contribution in [0.25, 0.3) is 0 Å². The van der Waals surface area contributed by atoms with Gasteiger partial charge in [0.1, 0.15) is 0 Å². The molecule has 0 bridgehead atoms. The Morgan fingerprint density at radius 2 is 2.28 bits per heavy atom. The number of hydrogen-bond donors (Lipinski definition) is 1. The molecular weight excluding hydrogens is 308 g/mol. The second kappa shape index (κ2) is 6.92. The van der Waals surface area contributed by atoms with Crippen molar-refractivity contribution in [1.82, 2.24) is 10.3 Å². The van der Waals surface area contributed by atoms with Crippen LogP contribution >= 0.6 is 27.7 Å². The normalized spacial score (nSPS) is 27.6. The van der Waals surface area contributed by atoms with E-state index in [9.17, 15) is 0 Å². The zero-order chi connectivity index (χ0) is 13.0. The number of hydrogen-bond acceptors (Lipinski definition) is 3. The zero-order valence-electron chi connectivity index (χ0n) is 11.0. The number of thioether (sulfide) groups is 1. The lowest BCUT2D eigenvalue weighted by Gasteiger charge is -2.21. The standard InChI is InChI=1S/C14H21BrN2S/c1-3-8-16-12-5-6-13(10(12)2)18-14-7-4-11(15)9-17-14/h4,7,9-10,12-13,16H,3,5-6,8H2,1-2H3. The summed E-state index contributed by atoms with van der Waals surface area (Å²) in [6.07, 6.45) is 5.70. The molecule has 0 saturated heterocycles. The van der Waals surface area contributed by atoms with Gasteiger partial charge in [0, 0.05) is 22.0 Å². The summed E-state index contributed by atoms with van der Waals surface area (Å²) in [6, 6.07) is 4.87. The maximum atomic E-state index is 4.46. The van der Waals surface area contributed by atoms with E-state index in [0.717, 1.165) is 22.0 Å². The number of aromatic nitrogens is 1. The van der Waals surface area contributed by atoms with Gasteiger partial charge < -0.3 is 5.32 Å². The van der Waals surface area contributed by atoms with Crippen molar-refractivity contribution in [3.8, 4) is 0 Å². The molecule has 2 rings (SSSR count). The van der Waals surface area contributed by atoms with E-state index in [1.807, 2.05) is 18.0 Å². The number of halogens is 1. The predicted molar refractivity (Wildman–Crippen MR) is 82.1 cm³/mol. The van der Waals surface area contributed by atoms with Gasteiger partial charge in [0.25, 0.3) is 0 Å². The van der Waals surface area contributed by atoms with Crippen LogP contribution in [0.2, 0.25) is 0 Å². The van der Waals surface area contributed by atoms with E-state index in [0.29, 0.717) is 11.3 Å². The van der Waals surface area contributed by atoms with Crippen LogP contribution in [0.15, 0.2) is 27.8 Å². The number of pyridine rings is 1. The monoisotopic (exact) mass is 328 g/mol. The highest BCUT2D eigenvalue weighted by Crippen LogP contribution is 2.38. The first-order valence-corrected chi connectivity index (χ1v) is 8.39. The Kier molecular flexibility index (Phi) is 5.52. The summed E-state index contributed by atoms with van der Waals surface area (Å²) in [5.74, 6) is 0.729. The molecule has 4 heteroatoms. The Labute approximate surface area is 122 Å². The van der Waals surface area contributed by atoms with Gasteiger partial charge in [-0.15, -0.1) is 11.8 Å². The third kappa shape index (κ3) is 3.72. The molecule has 0 spiro atoms. The maximum Gasteiger partial charge on any atom is 0.0963 e. The maximum absolute atomic E-state index is 4.46. The summed E-state index contributed by atoms with van der Waals surface area (Å²) < 4.78 is 1.05. The Morgan fingerprint density at radius 3 is 2.94 bits per heavy atom. The third-order valence-electron chi connectivity index (χ3n) is 3.61. The number of rotatable bonds is 5. The van der Waals surface area contributed by atoms with Gasteiger partial charge in [-0.3, -0.25) is 0 Å². The van der Waals surface area contributed by atoms with Crippen LogP contribution in [0.4, 0.5) is 0 Å². The van der Waals surface area contributed by atoms with Crippen molar-refractivity contribution in [3.63, 3.8) is 0 Å². The summed E-state index contributed by atoms with van der Waals surface area (Å²) in [6.45, 7) is 5.74. The molecule has 0 radical (unpaired) electrons. The Balaban J connectivity index is 1.89. The molecule has 3 atom stereocenters. The minimum absolute atomic E-state index is 0.692. The van der Waals surface area contributed by atoms with Crippen molar-refractivity contribution < 1.29 is 0 Å².